The summed E-state index contributed by atoms with van der Waals surface area (Å²) in [6.07, 6.45) is 8.47. The van der Waals surface area contributed by atoms with Crippen molar-refractivity contribution in [1.82, 2.24) is 4.57 Å². The summed E-state index contributed by atoms with van der Waals surface area (Å²) in [6.45, 7) is 0. The van der Waals surface area contributed by atoms with Gasteiger partial charge in [0.1, 0.15) is 18.2 Å². The highest BCUT2D eigenvalue weighted by molar-refractivity contribution is 6.09. The zero-order valence-electron chi connectivity index (χ0n) is 23.5. The summed E-state index contributed by atoms with van der Waals surface area (Å²) in [5.74, 6) is 0.121. The van der Waals surface area contributed by atoms with Crippen LogP contribution in [0.25, 0.3) is 38.6 Å². The number of hydrogen-bond acceptors (Lipinski definition) is 4. The number of para-hydroxylation sites is 3. The lowest BCUT2D eigenvalue weighted by molar-refractivity contribution is 0.744. The Morgan fingerprint density at radius 2 is 1.25 bits per heavy atom. The van der Waals surface area contributed by atoms with Gasteiger partial charge in [0.05, 0.1) is 45.1 Å². The van der Waals surface area contributed by atoms with Crippen LogP contribution in [0.2, 0.25) is 0 Å². The van der Waals surface area contributed by atoms with Gasteiger partial charge in [0.25, 0.3) is 0 Å². The van der Waals surface area contributed by atoms with Crippen molar-refractivity contribution in [3.05, 3.63) is 150 Å². The first-order valence-electron chi connectivity index (χ1n) is 14.5. The predicted octanol–water partition coefficient (Wildman–Crippen LogP) is 8.80. The van der Waals surface area contributed by atoms with Gasteiger partial charge in [-0.2, -0.15) is 15.8 Å². The molecule has 1 aliphatic carbocycles. The van der Waals surface area contributed by atoms with Crippen LogP contribution in [0, 0.1) is 34.0 Å². The fraction of sp³-hybridized carbons (Fsp3) is 0.0513. The molecule has 1 aliphatic heterocycles. The zero-order valence-corrected chi connectivity index (χ0v) is 23.5. The van der Waals surface area contributed by atoms with E-state index in [1.54, 1.807) is 6.07 Å². The molecule has 0 fully saturated rings. The molecule has 0 spiro atoms. The molecule has 5 aromatic carbocycles. The summed E-state index contributed by atoms with van der Waals surface area (Å²) in [5, 5.41) is 33.1. The smallest absolute Gasteiger partial charge is 0.103 e. The third-order valence-electron chi connectivity index (χ3n) is 8.86. The van der Waals surface area contributed by atoms with Crippen LogP contribution in [-0.4, -0.2) is 10.6 Å². The number of anilines is 2. The maximum atomic E-state index is 10.5. The maximum absolute atomic E-state index is 10.5. The first-order chi connectivity index (χ1) is 21.7. The number of nitrogens with zero attached hydrogens (tertiary/aromatic N) is 5. The van der Waals surface area contributed by atoms with E-state index in [9.17, 15) is 15.8 Å². The van der Waals surface area contributed by atoms with Gasteiger partial charge < -0.3 is 9.47 Å². The molecule has 6 aromatic rings. The number of rotatable bonds is 3. The molecule has 2 atom stereocenters. The average molecular weight is 562 g/mol. The van der Waals surface area contributed by atoms with Crippen LogP contribution >= 0.6 is 0 Å². The van der Waals surface area contributed by atoms with Crippen molar-refractivity contribution in [3.63, 3.8) is 0 Å². The topological polar surface area (TPSA) is 79.5 Å². The first kappa shape index (κ1) is 25.4. The molecule has 8 rings (SSSR count). The molecule has 5 nitrogen and oxygen atoms in total. The normalized spacial score (nSPS) is 16.3. The summed E-state index contributed by atoms with van der Waals surface area (Å²) >= 11 is 0. The minimum atomic E-state index is -0.0487. The molecule has 2 aliphatic rings. The molecule has 2 heterocycles. The summed E-state index contributed by atoms with van der Waals surface area (Å²) in [4.78, 5) is 2.22. The number of hydrogen-bond donors (Lipinski definition) is 0. The van der Waals surface area contributed by atoms with Crippen LogP contribution in [-0.2, 0) is 0 Å². The van der Waals surface area contributed by atoms with Crippen molar-refractivity contribution in [2.45, 2.75) is 12.0 Å². The quantitative estimate of drug-likeness (QED) is 0.216. The fourth-order valence-electron chi connectivity index (χ4n) is 6.99. The molecular weight excluding hydrogens is 538 g/mol. The van der Waals surface area contributed by atoms with E-state index in [0.717, 1.165) is 44.3 Å². The maximum Gasteiger partial charge on any atom is 0.103 e. The van der Waals surface area contributed by atoms with E-state index in [0.29, 0.717) is 22.4 Å². The molecule has 204 valence electrons. The Balaban J connectivity index is 1.42. The Bertz CT molecular complexity index is 2300. The highest BCUT2D eigenvalue weighted by Crippen LogP contribution is 2.51. The van der Waals surface area contributed by atoms with Crippen molar-refractivity contribution < 1.29 is 0 Å². The molecular formula is C39H23N5. The van der Waals surface area contributed by atoms with E-state index in [2.05, 4.69) is 82.3 Å². The van der Waals surface area contributed by atoms with Gasteiger partial charge in [0, 0.05) is 27.9 Å². The minimum Gasteiger partial charge on any atom is -0.332 e. The Hall–Kier alpha value is -6.35. The second kappa shape index (κ2) is 9.88. The van der Waals surface area contributed by atoms with Crippen LogP contribution in [0.4, 0.5) is 11.4 Å². The van der Waals surface area contributed by atoms with Crippen LogP contribution in [0.3, 0.4) is 0 Å². The van der Waals surface area contributed by atoms with Crippen molar-refractivity contribution >= 4 is 33.2 Å². The molecule has 1 aromatic heterocycles. The lowest BCUT2D eigenvalue weighted by Gasteiger charge is -2.31. The Kier molecular flexibility index (Phi) is 5.70. The molecule has 44 heavy (non-hydrogen) atoms. The monoisotopic (exact) mass is 561 g/mol. The van der Waals surface area contributed by atoms with E-state index in [-0.39, 0.29) is 12.0 Å². The van der Waals surface area contributed by atoms with Crippen LogP contribution in [0.15, 0.2) is 127 Å². The van der Waals surface area contributed by atoms with Crippen LogP contribution < -0.4 is 4.90 Å². The van der Waals surface area contributed by atoms with Gasteiger partial charge in [0.2, 0.25) is 0 Å². The van der Waals surface area contributed by atoms with Crippen LogP contribution in [0.5, 0.6) is 0 Å². The van der Waals surface area contributed by atoms with Gasteiger partial charge in [0.15, 0.2) is 0 Å². The second-order valence-corrected chi connectivity index (χ2v) is 11.0. The fourth-order valence-corrected chi connectivity index (χ4v) is 6.99. The number of aromatic nitrogens is 1. The standard InChI is InChI=1S/C39H23N5/c40-22-26-19-20-28(39(33(26)24-42)44-36-15-7-3-11-31(36)32-12-4-8-16-37(32)44)25-17-18-27(23-41)38(21-25)43-34-13-5-1-9-29(34)30-10-2-6-14-35(30)43/h1-21,31,36H. The largest absolute Gasteiger partial charge is 0.332 e. The Labute approximate surface area is 254 Å². The van der Waals surface area contributed by atoms with Crippen molar-refractivity contribution in [3.8, 4) is 35.0 Å². The summed E-state index contributed by atoms with van der Waals surface area (Å²) < 4.78 is 2.15. The molecule has 0 amide bonds. The minimum absolute atomic E-state index is 0.0487. The first-order valence-corrected chi connectivity index (χ1v) is 14.5. The predicted molar refractivity (Wildman–Crippen MR) is 174 cm³/mol. The highest BCUT2D eigenvalue weighted by atomic mass is 15.2. The van der Waals surface area contributed by atoms with Gasteiger partial charge in [-0.1, -0.05) is 91.0 Å². The number of fused-ring (bicyclic) bond motifs is 6. The lowest BCUT2D eigenvalue weighted by Crippen LogP contribution is -2.29. The van der Waals surface area contributed by atoms with Crippen molar-refractivity contribution in [2.24, 2.45) is 0 Å². The molecule has 2 unspecified atom stereocenters. The van der Waals surface area contributed by atoms with Gasteiger partial charge in [-0.25, -0.2) is 0 Å². The number of allylic oxidation sites excluding steroid dienone is 2. The SMILES string of the molecule is N#Cc1ccc(-c2ccc(C#N)c(C#N)c2N2c3ccccc3C3C=CC=CC32)cc1-n1c2ccccc2c2ccccc21. The molecule has 0 bridgehead atoms. The van der Waals surface area contributed by atoms with Gasteiger partial charge in [-0.05, 0) is 47.5 Å². The molecule has 0 radical (unpaired) electrons. The third-order valence-corrected chi connectivity index (χ3v) is 8.86. The van der Waals surface area contributed by atoms with Crippen LogP contribution in [0.1, 0.15) is 28.2 Å². The second-order valence-electron chi connectivity index (χ2n) is 11.0. The average Bonchev–Trinajstić information content (AvgIpc) is 3.60. The number of nitriles is 3. The van der Waals surface area contributed by atoms with Gasteiger partial charge in [-0.15, -0.1) is 0 Å². The Morgan fingerprint density at radius 3 is 1.98 bits per heavy atom. The van der Waals surface area contributed by atoms with E-state index in [4.69, 9.17) is 0 Å². The summed E-state index contributed by atoms with van der Waals surface area (Å²) in [5.41, 5.74) is 8.57. The zero-order chi connectivity index (χ0) is 29.8. The Morgan fingerprint density at radius 1 is 0.591 bits per heavy atom. The molecule has 5 heteroatoms. The van der Waals surface area contributed by atoms with E-state index < -0.39 is 0 Å². The highest BCUT2D eigenvalue weighted by Gasteiger charge is 2.39. The van der Waals surface area contributed by atoms with E-state index >= 15 is 0 Å². The number of benzene rings is 5. The molecule has 0 saturated heterocycles. The lowest BCUT2D eigenvalue weighted by atomic mass is 9.90. The third kappa shape index (κ3) is 3.56. The molecule has 0 saturated carbocycles. The van der Waals surface area contributed by atoms with Crippen molar-refractivity contribution in [2.75, 3.05) is 4.90 Å². The summed E-state index contributed by atoms with van der Waals surface area (Å²) in [6, 6.07) is 41.2. The van der Waals surface area contributed by atoms with E-state index in [1.807, 2.05) is 66.7 Å². The van der Waals surface area contributed by atoms with Gasteiger partial charge in [-0.3, -0.25) is 0 Å². The summed E-state index contributed by atoms with van der Waals surface area (Å²) in [7, 11) is 0. The van der Waals surface area contributed by atoms with Crippen molar-refractivity contribution in [1.29, 1.82) is 15.8 Å². The van der Waals surface area contributed by atoms with E-state index in [1.165, 1.54) is 5.56 Å². The molecule has 0 N–H and O–H groups in total. The van der Waals surface area contributed by atoms with Gasteiger partial charge >= 0.3 is 0 Å².